The lowest BCUT2D eigenvalue weighted by Gasteiger charge is -1.96. The highest BCUT2D eigenvalue weighted by Gasteiger charge is 2.34. The molecular weight excluding hydrogens is 215 g/mol. The van der Waals surface area contributed by atoms with Gasteiger partial charge in [0.15, 0.2) is 5.69 Å². The zero-order valence-electron chi connectivity index (χ0n) is 4.44. The molecule has 56 valence electrons. The molecular formula is C4HBrF3NO. The zero-order chi connectivity index (χ0) is 7.78. The second-order valence-electron chi connectivity index (χ2n) is 1.51. The van der Waals surface area contributed by atoms with Crippen molar-refractivity contribution in [1.82, 2.24) is 5.16 Å². The van der Waals surface area contributed by atoms with Gasteiger partial charge in [0.2, 0.25) is 4.67 Å². The van der Waals surface area contributed by atoms with Crippen LogP contribution in [0.4, 0.5) is 13.2 Å². The maximum Gasteiger partial charge on any atom is 0.436 e. The molecule has 0 radical (unpaired) electrons. The summed E-state index contributed by atoms with van der Waals surface area (Å²) in [5.41, 5.74) is -1.03. The number of aromatic nitrogens is 1. The molecule has 0 saturated carbocycles. The highest BCUT2D eigenvalue weighted by Crippen LogP contribution is 2.29. The van der Waals surface area contributed by atoms with Gasteiger partial charge in [-0.15, -0.1) is 0 Å². The second kappa shape index (κ2) is 2.26. The van der Waals surface area contributed by atoms with Crippen molar-refractivity contribution in [3.63, 3.8) is 0 Å². The molecule has 1 rings (SSSR count). The monoisotopic (exact) mass is 215 g/mol. The van der Waals surface area contributed by atoms with Crippen molar-refractivity contribution in [3.8, 4) is 0 Å². The second-order valence-corrected chi connectivity index (χ2v) is 2.30. The minimum Gasteiger partial charge on any atom is -0.349 e. The molecule has 0 aliphatic rings. The maximum atomic E-state index is 11.7. The molecule has 1 heterocycles. The zero-order valence-corrected chi connectivity index (χ0v) is 6.03. The Labute approximate surface area is 62.1 Å². The number of rotatable bonds is 0. The molecule has 2 nitrogen and oxygen atoms in total. The Balaban J connectivity index is 2.96. The van der Waals surface area contributed by atoms with E-state index in [0.717, 1.165) is 6.07 Å². The van der Waals surface area contributed by atoms with Gasteiger partial charge in [-0.25, -0.2) is 0 Å². The van der Waals surface area contributed by atoms with Gasteiger partial charge in [0, 0.05) is 6.07 Å². The average molecular weight is 216 g/mol. The molecule has 0 saturated heterocycles. The number of nitrogens with zero attached hydrogens (tertiary/aromatic N) is 1. The van der Waals surface area contributed by atoms with Crippen molar-refractivity contribution < 1.29 is 17.7 Å². The fourth-order valence-electron chi connectivity index (χ4n) is 0.387. The lowest BCUT2D eigenvalue weighted by molar-refractivity contribution is -0.142. The molecule has 0 atom stereocenters. The van der Waals surface area contributed by atoms with Gasteiger partial charge < -0.3 is 4.52 Å². The third-order valence-corrected chi connectivity index (χ3v) is 1.15. The predicted molar refractivity (Wildman–Crippen MR) is 29.2 cm³/mol. The van der Waals surface area contributed by atoms with Gasteiger partial charge in [-0.05, 0) is 15.9 Å². The summed E-state index contributed by atoms with van der Waals surface area (Å²) < 4.78 is 39.1. The highest BCUT2D eigenvalue weighted by atomic mass is 79.9. The van der Waals surface area contributed by atoms with Gasteiger partial charge >= 0.3 is 6.18 Å². The van der Waals surface area contributed by atoms with Crippen LogP contribution in [0.1, 0.15) is 5.69 Å². The molecule has 6 heteroatoms. The van der Waals surface area contributed by atoms with Crippen molar-refractivity contribution >= 4 is 15.9 Å². The van der Waals surface area contributed by atoms with E-state index >= 15 is 0 Å². The van der Waals surface area contributed by atoms with Crippen molar-refractivity contribution in [2.45, 2.75) is 6.18 Å². The van der Waals surface area contributed by atoms with Crippen LogP contribution in [0.2, 0.25) is 0 Å². The van der Waals surface area contributed by atoms with Crippen molar-refractivity contribution in [3.05, 3.63) is 16.4 Å². The van der Waals surface area contributed by atoms with E-state index in [9.17, 15) is 13.2 Å². The maximum absolute atomic E-state index is 11.7. The van der Waals surface area contributed by atoms with Crippen molar-refractivity contribution in [1.29, 1.82) is 0 Å². The Morgan fingerprint density at radius 3 is 2.30 bits per heavy atom. The fourth-order valence-corrected chi connectivity index (χ4v) is 0.676. The Morgan fingerprint density at radius 2 is 2.10 bits per heavy atom. The quantitative estimate of drug-likeness (QED) is 0.665. The topological polar surface area (TPSA) is 26.0 Å². The van der Waals surface area contributed by atoms with Gasteiger partial charge in [-0.3, -0.25) is 0 Å². The summed E-state index contributed by atoms with van der Waals surface area (Å²) in [4.78, 5) is 0. The van der Waals surface area contributed by atoms with Crippen LogP contribution in [0.25, 0.3) is 0 Å². The Hall–Kier alpha value is -0.520. The van der Waals surface area contributed by atoms with Crippen LogP contribution in [0.3, 0.4) is 0 Å². The standard InChI is InChI=1S/C4HBrF3NO/c5-3-1-2(9-10-3)4(6,7)8/h1H. The first-order valence-corrected chi connectivity index (χ1v) is 2.99. The molecule has 0 aromatic carbocycles. The molecule has 0 amide bonds. The molecule has 10 heavy (non-hydrogen) atoms. The van der Waals surface area contributed by atoms with Crippen LogP contribution in [-0.2, 0) is 6.18 Å². The van der Waals surface area contributed by atoms with E-state index in [1.165, 1.54) is 0 Å². The van der Waals surface area contributed by atoms with E-state index in [0.29, 0.717) is 0 Å². The minimum atomic E-state index is -4.42. The first kappa shape index (κ1) is 7.59. The van der Waals surface area contributed by atoms with E-state index in [4.69, 9.17) is 0 Å². The summed E-state index contributed by atoms with van der Waals surface area (Å²) in [5, 5.41) is 2.74. The van der Waals surface area contributed by atoms with E-state index in [2.05, 4.69) is 25.6 Å². The SMILES string of the molecule is FC(F)(F)c1cc(Br)on1. The van der Waals surface area contributed by atoms with E-state index < -0.39 is 11.9 Å². The molecule has 1 aromatic rings. The summed E-state index contributed by atoms with van der Waals surface area (Å²) in [5.74, 6) is 0. The molecule has 1 aromatic heterocycles. The lowest BCUT2D eigenvalue weighted by Crippen LogP contribution is -2.04. The molecule has 0 aliphatic carbocycles. The van der Waals surface area contributed by atoms with Crippen LogP contribution in [-0.4, -0.2) is 5.16 Å². The first-order chi connectivity index (χ1) is 4.50. The summed E-state index contributed by atoms with van der Waals surface area (Å²) in [6.07, 6.45) is -4.42. The largest absolute Gasteiger partial charge is 0.436 e. The van der Waals surface area contributed by atoms with Gasteiger partial charge in [0.05, 0.1) is 0 Å². The average Bonchev–Trinajstić information content (AvgIpc) is 2.11. The molecule has 0 fully saturated rings. The molecule has 0 spiro atoms. The number of halogens is 4. The van der Waals surface area contributed by atoms with Crippen LogP contribution < -0.4 is 0 Å². The number of hydrogen-bond donors (Lipinski definition) is 0. The van der Waals surface area contributed by atoms with E-state index in [1.54, 1.807) is 0 Å². The summed E-state index contributed by atoms with van der Waals surface area (Å²) >= 11 is 2.70. The molecule has 0 bridgehead atoms. The van der Waals surface area contributed by atoms with Gasteiger partial charge in [0.1, 0.15) is 0 Å². The third kappa shape index (κ3) is 1.50. The molecule has 0 unspecified atom stereocenters. The van der Waals surface area contributed by atoms with Crippen LogP contribution in [0.15, 0.2) is 15.3 Å². The molecule has 0 aliphatic heterocycles. The van der Waals surface area contributed by atoms with Crippen LogP contribution in [0.5, 0.6) is 0 Å². The summed E-state index contributed by atoms with van der Waals surface area (Å²) in [6, 6.07) is 0.764. The smallest absolute Gasteiger partial charge is 0.349 e. The fraction of sp³-hybridized carbons (Fsp3) is 0.250. The van der Waals surface area contributed by atoms with Gasteiger partial charge in [-0.1, -0.05) is 5.16 Å². The van der Waals surface area contributed by atoms with Crippen molar-refractivity contribution in [2.75, 3.05) is 0 Å². The minimum absolute atomic E-state index is 0.0279. The number of hydrogen-bond acceptors (Lipinski definition) is 2. The predicted octanol–water partition coefficient (Wildman–Crippen LogP) is 2.46. The van der Waals surface area contributed by atoms with Crippen molar-refractivity contribution in [2.24, 2.45) is 0 Å². The normalized spacial score (nSPS) is 12.0. The third-order valence-electron chi connectivity index (χ3n) is 0.772. The Bertz CT molecular complexity index is 231. The lowest BCUT2D eigenvalue weighted by atomic mass is 10.4. The van der Waals surface area contributed by atoms with Gasteiger partial charge in [-0.2, -0.15) is 13.2 Å². The summed E-state index contributed by atoms with van der Waals surface area (Å²) in [6.45, 7) is 0. The van der Waals surface area contributed by atoms with Crippen LogP contribution in [0, 0.1) is 0 Å². The Kier molecular flexibility index (Phi) is 1.72. The van der Waals surface area contributed by atoms with E-state index in [-0.39, 0.29) is 4.67 Å². The van der Waals surface area contributed by atoms with Gasteiger partial charge in [0.25, 0.3) is 0 Å². The van der Waals surface area contributed by atoms with Crippen LogP contribution >= 0.6 is 15.9 Å². The van der Waals surface area contributed by atoms with E-state index in [1.807, 2.05) is 0 Å². The summed E-state index contributed by atoms with van der Waals surface area (Å²) in [7, 11) is 0. The highest BCUT2D eigenvalue weighted by molar-refractivity contribution is 9.10. The Morgan fingerprint density at radius 1 is 1.50 bits per heavy atom. The molecule has 0 N–H and O–H groups in total. The number of alkyl halides is 3. The first-order valence-electron chi connectivity index (χ1n) is 2.19.